The van der Waals surface area contributed by atoms with E-state index in [9.17, 15) is 0 Å². The average Bonchev–Trinajstić information content (AvgIpc) is 3.44. The zero-order valence-corrected chi connectivity index (χ0v) is 16.6. The Morgan fingerprint density at radius 1 is 1.25 bits per heavy atom. The monoisotopic (exact) mass is 442 g/mol. The summed E-state index contributed by atoms with van der Waals surface area (Å²) in [5.74, 6) is 0.517. The normalized spacial score (nSPS) is 15.3. The Morgan fingerprint density at radius 2 is 2.14 bits per heavy atom. The van der Waals surface area contributed by atoms with Crippen LogP contribution in [0.15, 0.2) is 41.4 Å². The number of rotatable bonds is 5. The summed E-state index contributed by atoms with van der Waals surface area (Å²) in [7, 11) is 0. The van der Waals surface area contributed by atoms with Crippen molar-refractivity contribution in [3.63, 3.8) is 0 Å². The molecule has 4 aromatic rings. The first-order valence-corrected chi connectivity index (χ1v) is 9.96. The third-order valence-electron chi connectivity index (χ3n) is 4.77. The highest BCUT2D eigenvalue weighted by Crippen LogP contribution is 2.20. The number of pyridine rings is 1. The average molecular weight is 443 g/mol. The van der Waals surface area contributed by atoms with Gasteiger partial charge >= 0.3 is 0 Å². The Bertz CT molecular complexity index is 1090. The summed E-state index contributed by atoms with van der Waals surface area (Å²) >= 11 is 3.48. The van der Waals surface area contributed by atoms with Crippen LogP contribution in [-0.2, 0) is 6.54 Å². The summed E-state index contributed by atoms with van der Waals surface area (Å²) in [4.78, 5) is 4.48. The summed E-state index contributed by atoms with van der Waals surface area (Å²) in [5, 5.41) is 24.0. The van der Waals surface area contributed by atoms with Crippen molar-refractivity contribution in [2.75, 3.05) is 18.4 Å². The number of anilines is 2. The van der Waals surface area contributed by atoms with E-state index in [1.165, 1.54) is 0 Å². The van der Waals surface area contributed by atoms with Gasteiger partial charge in [-0.2, -0.15) is 10.1 Å². The van der Waals surface area contributed by atoms with Gasteiger partial charge in [-0.1, -0.05) is 5.21 Å². The summed E-state index contributed by atoms with van der Waals surface area (Å²) < 4.78 is 6.42. The molecule has 10 nitrogen and oxygen atoms in total. The van der Waals surface area contributed by atoms with Gasteiger partial charge in [0.1, 0.15) is 5.69 Å². The van der Waals surface area contributed by atoms with Crippen LogP contribution in [0.5, 0.6) is 0 Å². The van der Waals surface area contributed by atoms with Gasteiger partial charge in [0.2, 0.25) is 5.95 Å². The molecule has 0 bridgehead atoms. The first kappa shape index (κ1) is 17.3. The van der Waals surface area contributed by atoms with Crippen molar-refractivity contribution in [3.05, 3.63) is 47.1 Å². The number of nitrogens with zero attached hydrogens (tertiary/aromatic N) is 8. The fourth-order valence-corrected chi connectivity index (χ4v) is 3.79. The summed E-state index contributed by atoms with van der Waals surface area (Å²) in [5.41, 5.74) is 2.47. The Balaban J connectivity index is 1.27. The molecule has 0 aromatic carbocycles. The standard InChI is InChI=1S/C17H19BrN10/c18-15-2-1-7-27-16(15)22-17(24-27)21-12-8-20-26(9-12)10-13-11-28(25-23-13)14-3-5-19-6-4-14/h1-2,7-9,11,14,19H,3-6,10H2,(H,21,24). The number of halogens is 1. The molecule has 28 heavy (non-hydrogen) atoms. The highest BCUT2D eigenvalue weighted by molar-refractivity contribution is 9.10. The van der Waals surface area contributed by atoms with Crippen molar-refractivity contribution in [1.82, 2.24) is 44.7 Å². The molecule has 0 spiro atoms. The van der Waals surface area contributed by atoms with Crippen molar-refractivity contribution >= 4 is 33.2 Å². The molecule has 144 valence electrons. The lowest BCUT2D eigenvalue weighted by Gasteiger charge is -2.22. The van der Waals surface area contributed by atoms with Gasteiger partial charge in [0, 0.05) is 12.4 Å². The molecule has 4 aromatic heterocycles. The lowest BCUT2D eigenvalue weighted by atomic mass is 10.1. The Hall–Kier alpha value is -2.79. The number of nitrogens with one attached hydrogen (secondary N) is 2. The predicted octanol–water partition coefficient (Wildman–Crippen LogP) is 2.00. The Morgan fingerprint density at radius 3 is 3.00 bits per heavy atom. The molecule has 2 N–H and O–H groups in total. The third kappa shape index (κ3) is 3.50. The van der Waals surface area contributed by atoms with Crippen molar-refractivity contribution in [2.45, 2.75) is 25.4 Å². The van der Waals surface area contributed by atoms with Crippen LogP contribution < -0.4 is 10.6 Å². The van der Waals surface area contributed by atoms with E-state index in [4.69, 9.17) is 0 Å². The largest absolute Gasteiger partial charge is 0.320 e. The summed E-state index contributed by atoms with van der Waals surface area (Å²) in [6, 6.07) is 4.27. The molecule has 1 aliphatic rings. The second-order valence-corrected chi connectivity index (χ2v) is 7.64. The van der Waals surface area contributed by atoms with Gasteiger partial charge in [0.05, 0.1) is 35.1 Å². The number of aromatic nitrogens is 8. The van der Waals surface area contributed by atoms with Crippen LogP contribution >= 0.6 is 15.9 Å². The van der Waals surface area contributed by atoms with Crippen LogP contribution in [-0.4, -0.2) is 52.5 Å². The molecule has 5 rings (SSSR count). The van der Waals surface area contributed by atoms with Crippen LogP contribution in [0.2, 0.25) is 0 Å². The van der Waals surface area contributed by atoms with Crippen LogP contribution in [0.4, 0.5) is 11.6 Å². The van der Waals surface area contributed by atoms with E-state index in [0.29, 0.717) is 18.5 Å². The molecule has 0 amide bonds. The van der Waals surface area contributed by atoms with Gasteiger partial charge in [-0.25, -0.2) is 9.20 Å². The first-order valence-electron chi connectivity index (χ1n) is 9.16. The highest BCUT2D eigenvalue weighted by Gasteiger charge is 2.16. The van der Waals surface area contributed by atoms with Crippen LogP contribution in [0.3, 0.4) is 0 Å². The molecule has 0 saturated carbocycles. The van der Waals surface area contributed by atoms with Gasteiger partial charge in [-0.05, 0) is 54.0 Å². The lowest BCUT2D eigenvalue weighted by molar-refractivity contribution is 0.337. The molecular formula is C17H19BrN10. The lowest BCUT2D eigenvalue weighted by Crippen LogP contribution is -2.29. The van der Waals surface area contributed by atoms with E-state index in [0.717, 1.165) is 47.4 Å². The minimum absolute atomic E-state index is 0.429. The van der Waals surface area contributed by atoms with Gasteiger partial charge in [0.25, 0.3) is 0 Å². The van der Waals surface area contributed by atoms with E-state index in [1.807, 2.05) is 40.1 Å². The molecule has 0 unspecified atom stereocenters. The van der Waals surface area contributed by atoms with Gasteiger partial charge in [-0.15, -0.1) is 10.2 Å². The topological polar surface area (TPSA) is 103 Å². The molecule has 5 heterocycles. The quantitative estimate of drug-likeness (QED) is 0.486. The SMILES string of the molecule is Brc1cccn2nc(Nc3cnn(Cc4cn(C5CCNCC5)nn4)c3)nc12. The second kappa shape index (κ2) is 7.32. The predicted molar refractivity (Wildman–Crippen MR) is 106 cm³/mol. The smallest absolute Gasteiger partial charge is 0.247 e. The van der Waals surface area contributed by atoms with Gasteiger partial charge < -0.3 is 10.6 Å². The molecular weight excluding hydrogens is 424 g/mol. The van der Waals surface area contributed by atoms with Crippen molar-refractivity contribution in [1.29, 1.82) is 0 Å². The van der Waals surface area contributed by atoms with Crippen molar-refractivity contribution in [2.24, 2.45) is 0 Å². The van der Waals surface area contributed by atoms with Crippen molar-refractivity contribution in [3.8, 4) is 0 Å². The third-order valence-corrected chi connectivity index (χ3v) is 5.39. The van der Waals surface area contributed by atoms with Gasteiger partial charge in [-0.3, -0.25) is 4.68 Å². The first-order chi connectivity index (χ1) is 13.7. The zero-order valence-electron chi connectivity index (χ0n) is 15.0. The molecule has 1 aliphatic heterocycles. The maximum Gasteiger partial charge on any atom is 0.247 e. The van der Waals surface area contributed by atoms with Crippen LogP contribution in [0.1, 0.15) is 24.6 Å². The number of hydrogen-bond acceptors (Lipinski definition) is 7. The highest BCUT2D eigenvalue weighted by atomic mass is 79.9. The Kier molecular flexibility index (Phi) is 4.53. The minimum atomic E-state index is 0.429. The van der Waals surface area contributed by atoms with E-state index < -0.39 is 0 Å². The summed E-state index contributed by atoms with van der Waals surface area (Å²) in [6.07, 6.45) is 9.70. The molecule has 11 heteroatoms. The fourth-order valence-electron chi connectivity index (χ4n) is 3.37. The minimum Gasteiger partial charge on any atom is -0.320 e. The summed E-state index contributed by atoms with van der Waals surface area (Å²) in [6.45, 7) is 2.63. The molecule has 0 atom stereocenters. The van der Waals surface area contributed by atoms with E-state index in [1.54, 1.807) is 10.7 Å². The number of hydrogen-bond donors (Lipinski definition) is 2. The number of piperidine rings is 1. The number of fused-ring (bicyclic) bond motifs is 1. The van der Waals surface area contributed by atoms with E-state index >= 15 is 0 Å². The van der Waals surface area contributed by atoms with Crippen LogP contribution in [0, 0.1) is 0 Å². The molecule has 1 saturated heterocycles. The Labute approximate surface area is 169 Å². The second-order valence-electron chi connectivity index (χ2n) is 6.78. The van der Waals surface area contributed by atoms with Crippen LogP contribution in [0.25, 0.3) is 5.65 Å². The van der Waals surface area contributed by atoms with E-state index in [2.05, 4.69) is 52.1 Å². The molecule has 1 fully saturated rings. The fraction of sp³-hybridized carbons (Fsp3) is 0.353. The van der Waals surface area contributed by atoms with E-state index in [-0.39, 0.29) is 0 Å². The maximum absolute atomic E-state index is 4.48. The van der Waals surface area contributed by atoms with Crippen molar-refractivity contribution < 1.29 is 0 Å². The molecule has 0 radical (unpaired) electrons. The zero-order chi connectivity index (χ0) is 18.9. The maximum atomic E-state index is 4.48. The molecule has 0 aliphatic carbocycles. The van der Waals surface area contributed by atoms with Gasteiger partial charge in [0.15, 0.2) is 5.65 Å².